The number of carboxylic acid groups (broad SMARTS) is 1. The van der Waals surface area contributed by atoms with Crippen molar-refractivity contribution < 1.29 is 14.6 Å². The van der Waals surface area contributed by atoms with Crippen LogP contribution in [0.5, 0.6) is 5.75 Å². The van der Waals surface area contributed by atoms with Gasteiger partial charge in [-0.1, -0.05) is 22.0 Å². The number of ether oxygens (including phenoxy) is 1. The number of methoxy groups -OCH3 is 1. The van der Waals surface area contributed by atoms with E-state index < -0.39 is 5.97 Å². The summed E-state index contributed by atoms with van der Waals surface area (Å²) in [5.41, 5.74) is 1.90. The van der Waals surface area contributed by atoms with Gasteiger partial charge in [-0.15, -0.1) is 0 Å². The van der Waals surface area contributed by atoms with Crippen molar-refractivity contribution in [2.75, 3.05) is 7.11 Å². The first-order chi connectivity index (χ1) is 6.61. The van der Waals surface area contributed by atoms with Crippen LogP contribution in [-0.2, 0) is 5.33 Å². The molecular formula is C10H11BrO3. The van der Waals surface area contributed by atoms with E-state index in [1.54, 1.807) is 26.2 Å². The Morgan fingerprint density at radius 1 is 1.57 bits per heavy atom. The number of carboxylic acids is 1. The molecule has 1 N–H and O–H groups in total. The molecule has 0 atom stereocenters. The van der Waals surface area contributed by atoms with Crippen LogP contribution < -0.4 is 4.74 Å². The Kier molecular flexibility index (Phi) is 3.52. The maximum Gasteiger partial charge on any atom is 0.336 e. The predicted molar refractivity (Wildman–Crippen MR) is 57.3 cm³/mol. The molecule has 76 valence electrons. The first-order valence-electron chi connectivity index (χ1n) is 4.07. The van der Waals surface area contributed by atoms with Crippen molar-refractivity contribution in [3.8, 4) is 5.75 Å². The van der Waals surface area contributed by atoms with Crippen LogP contribution in [0.25, 0.3) is 0 Å². The average molecular weight is 259 g/mol. The third-order valence-corrected chi connectivity index (χ3v) is 2.67. The Labute approximate surface area is 90.8 Å². The predicted octanol–water partition coefficient (Wildman–Crippen LogP) is 2.60. The number of benzene rings is 1. The van der Waals surface area contributed by atoms with Gasteiger partial charge in [0.2, 0.25) is 0 Å². The summed E-state index contributed by atoms with van der Waals surface area (Å²) in [5, 5.41) is 9.53. The fourth-order valence-corrected chi connectivity index (χ4v) is 1.81. The van der Waals surface area contributed by atoms with E-state index >= 15 is 0 Å². The lowest BCUT2D eigenvalue weighted by atomic mass is 10.0. The molecule has 0 bridgehead atoms. The van der Waals surface area contributed by atoms with Gasteiger partial charge in [-0.25, -0.2) is 4.79 Å². The summed E-state index contributed by atoms with van der Waals surface area (Å²) in [5.74, 6) is -0.288. The molecular weight excluding hydrogens is 248 g/mol. The Bertz CT molecular complexity index is 361. The SMILES string of the molecule is COc1c(CBr)ccc(C(=O)O)c1C. The van der Waals surface area contributed by atoms with Crippen LogP contribution in [0.1, 0.15) is 21.5 Å². The first kappa shape index (κ1) is 11.0. The molecule has 1 aromatic rings. The summed E-state index contributed by atoms with van der Waals surface area (Å²) in [4.78, 5) is 10.8. The highest BCUT2D eigenvalue weighted by Crippen LogP contribution is 2.28. The van der Waals surface area contributed by atoms with E-state index in [0.717, 1.165) is 5.56 Å². The van der Waals surface area contributed by atoms with Gasteiger partial charge in [0.1, 0.15) is 5.75 Å². The zero-order valence-electron chi connectivity index (χ0n) is 8.00. The molecule has 4 heteroatoms. The molecule has 1 rings (SSSR count). The molecule has 0 saturated heterocycles. The highest BCUT2D eigenvalue weighted by Gasteiger charge is 2.13. The van der Waals surface area contributed by atoms with E-state index in [4.69, 9.17) is 9.84 Å². The number of rotatable bonds is 3. The standard InChI is InChI=1S/C10H11BrO3/c1-6-8(10(12)13)4-3-7(5-11)9(6)14-2/h3-4H,5H2,1-2H3,(H,12,13). The van der Waals surface area contributed by atoms with E-state index in [1.807, 2.05) is 0 Å². The molecule has 0 aliphatic heterocycles. The van der Waals surface area contributed by atoms with Crippen LogP contribution in [0.4, 0.5) is 0 Å². The Hall–Kier alpha value is -1.03. The van der Waals surface area contributed by atoms with Crippen LogP contribution in [0.2, 0.25) is 0 Å². The lowest BCUT2D eigenvalue weighted by Gasteiger charge is -2.11. The van der Waals surface area contributed by atoms with Gasteiger partial charge in [0.25, 0.3) is 0 Å². The summed E-state index contributed by atoms with van der Waals surface area (Å²) >= 11 is 3.32. The quantitative estimate of drug-likeness (QED) is 0.848. The molecule has 0 aliphatic carbocycles. The van der Waals surface area contributed by atoms with Crippen LogP contribution in [0, 0.1) is 6.92 Å². The first-order valence-corrected chi connectivity index (χ1v) is 5.19. The number of alkyl halides is 1. The lowest BCUT2D eigenvalue weighted by Crippen LogP contribution is -2.03. The van der Waals surface area contributed by atoms with Crippen LogP contribution in [0.3, 0.4) is 0 Å². The Morgan fingerprint density at radius 3 is 2.64 bits per heavy atom. The molecule has 0 aromatic heterocycles. The van der Waals surface area contributed by atoms with Gasteiger partial charge in [0, 0.05) is 16.5 Å². The lowest BCUT2D eigenvalue weighted by molar-refractivity contribution is 0.0695. The molecule has 0 saturated carbocycles. The van der Waals surface area contributed by atoms with E-state index in [9.17, 15) is 4.79 Å². The maximum atomic E-state index is 10.8. The Balaban J connectivity index is 3.34. The largest absolute Gasteiger partial charge is 0.496 e. The summed E-state index contributed by atoms with van der Waals surface area (Å²) in [6, 6.07) is 3.35. The van der Waals surface area contributed by atoms with Gasteiger partial charge >= 0.3 is 5.97 Å². The molecule has 0 aliphatic rings. The molecule has 0 amide bonds. The normalized spacial score (nSPS) is 9.93. The van der Waals surface area contributed by atoms with Crippen molar-refractivity contribution in [2.45, 2.75) is 12.3 Å². The van der Waals surface area contributed by atoms with E-state index in [2.05, 4.69) is 15.9 Å². The van der Waals surface area contributed by atoms with Crippen LogP contribution in [-0.4, -0.2) is 18.2 Å². The number of carbonyl (C=O) groups is 1. The van der Waals surface area contributed by atoms with Gasteiger partial charge in [-0.05, 0) is 13.0 Å². The minimum absolute atomic E-state index is 0.284. The molecule has 0 radical (unpaired) electrons. The summed E-state index contributed by atoms with van der Waals surface area (Å²) in [7, 11) is 1.54. The van der Waals surface area contributed by atoms with Crippen molar-refractivity contribution in [1.29, 1.82) is 0 Å². The fraction of sp³-hybridized carbons (Fsp3) is 0.300. The second-order valence-electron chi connectivity index (χ2n) is 2.87. The van der Waals surface area contributed by atoms with Gasteiger partial charge in [0.15, 0.2) is 0 Å². The minimum atomic E-state index is -0.929. The monoisotopic (exact) mass is 258 g/mol. The van der Waals surface area contributed by atoms with Crippen molar-refractivity contribution in [1.82, 2.24) is 0 Å². The fourth-order valence-electron chi connectivity index (χ4n) is 1.37. The molecule has 0 heterocycles. The van der Waals surface area contributed by atoms with Crippen LogP contribution >= 0.6 is 15.9 Å². The van der Waals surface area contributed by atoms with Crippen molar-refractivity contribution in [3.05, 3.63) is 28.8 Å². The summed E-state index contributed by atoms with van der Waals surface area (Å²) in [6.07, 6.45) is 0. The number of aromatic carboxylic acids is 1. The minimum Gasteiger partial charge on any atom is -0.496 e. The van der Waals surface area contributed by atoms with Gasteiger partial charge in [-0.3, -0.25) is 0 Å². The molecule has 14 heavy (non-hydrogen) atoms. The number of hydrogen-bond acceptors (Lipinski definition) is 2. The van der Waals surface area contributed by atoms with Gasteiger partial charge in [0.05, 0.1) is 12.7 Å². The highest BCUT2D eigenvalue weighted by atomic mass is 79.9. The molecule has 1 aromatic carbocycles. The zero-order chi connectivity index (χ0) is 10.7. The smallest absolute Gasteiger partial charge is 0.336 e. The van der Waals surface area contributed by atoms with Crippen LogP contribution in [0.15, 0.2) is 12.1 Å². The second kappa shape index (κ2) is 4.46. The molecule has 0 fully saturated rings. The molecule has 0 spiro atoms. The average Bonchev–Trinajstić information content (AvgIpc) is 2.16. The third-order valence-electron chi connectivity index (χ3n) is 2.07. The topological polar surface area (TPSA) is 46.5 Å². The van der Waals surface area contributed by atoms with Gasteiger partial charge in [-0.2, -0.15) is 0 Å². The van der Waals surface area contributed by atoms with Crippen molar-refractivity contribution in [3.63, 3.8) is 0 Å². The summed E-state index contributed by atoms with van der Waals surface area (Å²) in [6.45, 7) is 1.74. The Morgan fingerprint density at radius 2 is 2.21 bits per heavy atom. The molecule has 0 unspecified atom stereocenters. The highest BCUT2D eigenvalue weighted by molar-refractivity contribution is 9.08. The van der Waals surface area contributed by atoms with Gasteiger partial charge < -0.3 is 9.84 Å². The molecule has 3 nitrogen and oxygen atoms in total. The number of halogens is 1. The van der Waals surface area contributed by atoms with Crippen molar-refractivity contribution >= 4 is 21.9 Å². The zero-order valence-corrected chi connectivity index (χ0v) is 9.59. The number of hydrogen-bond donors (Lipinski definition) is 1. The maximum absolute atomic E-state index is 10.8. The van der Waals surface area contributed by atoms with E-state index in [0.29, 0.717) is 16.6 Å². The van der Waals surface area contributed by atoms with E-state index in [1.165, 1.54) is 0 Å². The van der Waals surface area contributed by atoms with Crippen molar-refractivity contribution in [2.24, 2.45) is 0 Å². The summed E-state index contributed by atoms with van der Waals surface area (Å²) < 4.78 is 5.16. The van der Waals surface area contributed by atoms with E-state index in [-0.39, 0.29) is 5.56 Å². The second-order valence-corrected chi connectivity index (χ2v) is 3.43. The third kappa shape index (κ3) is 1.90.